The van der Waals surface area contributed by atoms with Crippen molar-refractivity contribution in [3.05, 3.63) is 18.1 Å². The minimum atomic E-state index is 0. The molecule has 0 spiro atoms. The van der Waals surface area contributed by atoms with Gasteiger partial charge in [-0.05, 0) is 20.8 Å². The van der Waals surface area contributed by atoms with Gasteiger partial charge in [0.15, 0.2) is 0 Å². The Balaban J connectivity index is 0.00000128. The molecule has 0 saturated carbocycles. The molecule has 2 heterocycles. The summed E-state index contributed by atoms with van der Waals surface area (Å²) >= 11 is 0. The summed E-state index contributed by atoms with van der Waals surface area (Å²) < 4.78 is 5.68. The molecule has 0 aromatic carbocycles. The van der Waals surface area contributed by atoms with E-state index >= 15 is 0 Å². The van der Waals surface area contributed by atoms with Gasteiger partial charge in [0.05, 0.1) is 12.2 Å². The van der Waals surface area contributed by atoms with Gasteiger partial charge in [0.1, 0.15) is 12.1 Å². The van der Waals surface area contributed by atoms with Crippen LogP contribution < -0.4 is 4.90 Å². The average Bonchev–Trinajstić information content (AvgIpc) is 2.16. The maximum absolute atomic E-state index is 5.68. The SMILES string of the molecule is Cc1cc(N2CC(C)OC(C)C2)ncn1.Cl. The van der Waals surface area contributed by atoms with Gasteiger partial charge in [-0.2, -0.15) is 0 Å². The molecule has 16 heavy (non-hydrogen) atoms. The normalized spacial score (nSPS) is 25.1. The molecule has 0 bridgehead atoms. The molecule has 2 unspecified atom stereocenters. The lowest BCUT2D eigenvalue weighted by molar-refractivity contribution is -0.00547. The molecule has 2 rings (SSSR count). The van der Waals surface area contributed by atoms with Gasteiger partial charge in [-0.1, -0.05) is 0 Å². The Labute approximate surface area is 102 Å². The molecule has 2 atom stereocenters. The van der Waals surface area contributed by atoms with E-state index in [1.165, 1.54) is 0 Å². The summed E-state index contributed by atoms with van der Waals surface area (Å²) in [6.07, 6.45) is 2.16. The van der Waals surface area contributed by atoms with Crippen molar-refractivity contribution in [3.8, 4) is 0 Å². The lowest BCUT2D eigenvalue weighted by Crippen LogP contribution is -2.45. The quantitative estimate of drug-likeness (QED) is 0.754. The number of rotatable bonds is 1. The standard InChI is InChI=1S/C11H17N3O.ClH/c1-8-4-11(13-7-12-8)14-5-9(2)15-10(3)6-14;/h4,7,9-10H,5-6H2,1-3H3;1H. The number of hydrogen-bond donors (Lipinski definition) is 0. The first-order chi connectivity index (χ1) is 7.15. The number of halogens is 1. The van der Waals surface area contributed by atoms with Gasteiger partial charge in [0.2, 0.25) is 0 Å². The summed E-state index contributed by atoms with van der Waals surface area (Å²) in [5.41, 5.74) is 1.01. The summed E-state index contributed by atoms with van der Waals surface area (Å²) in [5, 5.41) is 0. The van der Waals surface area contributed by atoms with Crippen LogP contribution in [-0.4, -0.2) is 35.3 Å². The fraction of sp³-hybridized carbons (Fsp3) is 0.636. The molecule has 5 heteroatoms. The fourth-order valence-electron chi connectivity index (χ4n) is 1.98. The molecule has 0 aliphatic carbocycles. The van der Waals surface area contributed by atoms with Crippen LogP contribution in [0.2, 0.25) is 0 Å². The number of morpholine rings is 1. The van der Waals surface area contributed by atoms with Crippen LogP contribution in [0.15, 0.2) is 12.4 Å². The van der Waals surface area contributed by atoms with Gasteiger partial charge < -0.3 is 9.64 Å². The van der Waals surface area contributed by atoms with Crippen LogP contribution in [0.5, 0.6) is 0 Å². The zero-order valence-electron chi connectivity index (χ0n) is 9.88. The lowest BCUT2D eigenvalue weighted by atomic mass is 10.2. The van der Waals surface area contributed by atoms with Crippen LogP contribution in [0.3, 0.4) is 0 Å². The second kappa shape index (κ2) is 5.46. The van der Waals surface area contributed by atoms with Crippen LogP contribution in [0.1, 0.15) is 19.5 Å². The first-order valence-corrected chi connectivity index (χ1v) is 5.34. The average molecular weight is 244 g/mol. The number of hydrogen-bond acceptors (Lipinski definition) is 4. The van der Waals surface area contributed by atoms with Crippen LogP contribution >= 0.6 is 12.4 Å². The smallest absolute Gasteiger partial charge is 0.132 e. The largest absolute Gasteiger partial charge is 0.372 e. The molecule has 1 aliphatic rings. The maximum Gasteiger partial charge on any atom is 0.132 e. The predicted molar refractivity (Wildman–Crippen MR) is 66.2 cm³/mol. The van der Waals surface area contributed by atoms with Gasteiger partial charge in [-0.15, -0.1) is 12.4 Å². The molecule has 1 fully saturated rings. The molecule has 0 N–H and O–H groups in total. The predicted octanol–water partition coefficient (Wildman–Crippen LogP) is 1.82. The van der Waals surface area contributed by atoms with E-state index in [2.05, 4.69) is 28.7 Å². The van der Waals surface area contributed by atoms with Crippen molar-refractivity contribution in [1.82, 2.24) is 9.97 Å². The topological polar surface area (TPSA) is 38.2 Å². The van der Waals surface area contributed by atoms with Gasteiger partial charge in [0.25, 0.3) is 0 Å². The highest BCUT2D eigenvalue weighted by Gasteiger charge is 2.22. The number of ether oxygens (including phenoxy) is 1. The van der Waals surface area contributed by atoms with Gasteiger partial charge in [-0.3, -0.25) is 0 Å². The Bertz CT molecular complexity index is 338. The van der Waals surface area contributed by atoms with E-state index in [0.29, 0.717) is 0 Å². The molecule has 1 saturated heterocycles. The van der Waals surface area contributed by atoms with Crippen molar-refractivity contribution < 1.29 is 4.74 Å². The van der Waals surface area contributed by atoms with E-state index in [9.17, 15) is 0 Å². The summed E-state index contributed by atoms with van der Waals surface area (Å²) in [7, 11) is 0. The summed E-state index contributed by atoms with van der Waals surface area (Å²) in [4.78, 5) is 10.7. The lowest BCUT2D eigenvalue weighted by Gasteiger charge is -2.36. The van der Waals surface area contributed by atoms with Crippen LogP contribution in [0, 0.1) is 6.92 Å². The monoisotopic (exact) mass is 243 g/mol. The molecule has 1 aliphatic heterocycles. The van der Waals surface area contributed by atoms with Gasteiger partial charge in [-0.25, -0.2) is 9.97 Å². The molecule has 0 amide bonds. The van der Waals surface area contributed by atoms with Crippen molar-refractivity contribution in [2.24, 2.45) is 0 Å². The fourth-order valence-corrected chi connectivity index (χ4v) is 1.98. The number of aromatic nitrogens is 2. The third-order valence-corrected chi connectivity index (χ3v) is 2.53. The van der Waals surface area contributed by atoms with Crippen LogP contribution in [0.4, 0.5) is 5.82 Å². The van der Waals surface area contributed by atoms with E-state index in [1.54, 1.807) is 6.33 Å². The molecule has 1 aromatic heterocycles. The van der Waals surface area contributed by atoms with Crippen molar-refractivity contribution in [3.63, 3.8) is 0 Å². The summed E-state index contributed by atoms with van der Waals surface area (Å²) in [5.74, 6) is 1.00. The number of anilines is 1. The minimum absolute atomic E-state index is 0. The minimum Gasteiger partial charge on any atom is -0.372 e. The van der Waals surface area contributed by atoms with Crippen molar-refractivity contribution in [2.45, 2.75) is 33.0 Å². The van der Waals surface area contributed by atoms with Crippen molar-refractivity contribution in [1.29, 1.82) is 0 Å². The molecule has 90 valence electrons. The Morgan fingerprint density at radius 2 is 1.88 bits per heavy atom. The molecular formula is C11H18ClN3O. The highest BCUT2D eigenvalue weighted by molar-refractivity contribution is 5.85. The third-order valence-electron chi connectivity index (χ3n) is 2.53. The van der Waals surface area contributed by atoms with Gasteiger partial charge in [0, 0.05) is 24.8 Å². The van der Waals surface area contributed by atoms with E-state index in [-0.39, 0.29) is 24.6 Å². The van der Waals surface area contributed by atoms with Crippen LogP contribution in [0.25, 0.3) is 0 Å². The van der Waals surface area contributed by atoms with Crippen LogP contribution in [-0.2, 0) is 4.74 Å². The first-order valence-electron chi connectivity index (χ1n) is 5.34. The number of aryl methyl sites for hydroxylation is 1. The zero-order chi connectivity index (χ0) is 10.8. The van der Waals surface area contributed by atoms with E-state index in [4.69, 9.17) is 4.74 Å². The van der Waals surface area contributed by atoms with Gasteiger partial charge >= 0.3 is 0 Å². The Kier molecular flexibility index (Phi) is 4.50. The van der Waals surface area contributed by atoms with E-state index in [0.717, 1.165) is 24.6 Å². The van der Waals surface area contributed by atoms with E-state index < -0.39 is 0 Å². The number of nitrogens with zero attached hydrogens (tertiary/aromatic N) is 3. The second-order valence-corrected chi connectivity index (χ2v) is 4.18. The zero-order valence-corrected chi connectivity index (χ0v) is 10.7. The third kappa shape index (κ3) is 3.06. The Morgan fingerprint density at radius 1 is 1.25 bits per heavy atom. The maximum atomic E-state index is 5.68. The Morgan fingerprint density at radius 3 is 2.44 bits per heavy atom. The van der Waals surface area contributed by atoms with Crippen molar-refractivity contribution in [2.75, 3.05) is 18.0 Å². The summed E-state index contributed by atoms with van der Waals surface area (Å²) in [6, 6.07) is 2.02. The highest BCUT2D eigenvalue weighted by atomic mass is 35.5. The Hall–Kier alpha value is -0.870. The van der Waals surface area contributed by atoms with E-state index in [1.807, 2.05) is 13.0 Å². The summed E-state index contributed by atoms with van der Waals surface area (Å²) in [6.45, 7) is 7.98. The molecule has 4 nitrogen and oxygen atoms in total. The molecule has 1 aromatic rings. The molecule has 0 radical (unpaired) electrons. The van der Waals surface area contributed by atoms with Crippen molar-refractivity contribution >= 4 is 18.2 Å². The second-order valence-electron chi connectivity index (χ2n) is 4.18. The molecular weight excluding hydrogens is 226 g/mol. The first kappa shape index (κ1) is 13.2. The highest BCUT2D eigenvalue weighted by Crippen LogP contribution is 2.17.